The lowest BCUT2D eigenvalue weighted by Gasteiger charge is -2.02. The van der Waals surface area contributed by atoms with Crippen molar-refractivity contribution >= 4 is 11.8 Å². The van der Waals surface area contributed by atoms with Crippen LogP contribution < -0.4 is 5.32 Å². The van der Waals surface area contributed by atoms with Gasteiger partial charge in [0, 0.05) is 12.2 Å². The van der Waals surface area contributed by atoms with Crippen LogP contribution in [0.3, 0.4) is 0 Å². The van der Waals surface area contributed by atoms with Crippen molar-refractivity contribution in [3.05, 3.63) is 66.2 Å². The van der Waals surface area contributed by atoms with Gasteiger partial charge in [0.25, 0.3) is 0 Å². The lowest BCUT2D eigenvalue weighted by molar-refractivity contribution is 0.475. The first kappa shape index (κ1) is 11.3. The Hall–Kier alpha value is -2.22. The second-order valence-corrected chi connectivity index (χ2v) is 3.74. The predicted octanol–water partition coefficient (Wildman–Crippen LogP) is 3.52. The summed E-state index contributed by atoms with van der Waals surface area (Å²) in [6.07, 6.45) is 4.15. The van der Waals surface area contributed by atoms with Crippen LogP contribution in [0.15, 0.2) is 60.7 Å². The van der Waals surface area contributed by atoms with Crippen molar-refractivity contribution in [1.82, 2.24) is 0 Å². The molecule has 0 amide bonds. The molecular formula is C15H15NO. The van der Waals surface area contributed by atoms with Crippen molar-refractivity contribution in [1.29, 1.82) is 0 Å². The van der Waals surface area contributed by atoms with E-state index in [2.05, 4.69) is 29.6 Å². The van der Waals surface area contributed by atoms with Crippen LogP contribution in [0.25, 0.3) is 6.08 Å². The molecule has 0 heterocycles. The molecule has 0 saturated carbocycles. The number of rotatable bonds is 4. The van der Waals surface area contributed by atoms with Crippen LogP contribution in [0.4, 0.5) is 5.69 Å². The highest BCUT2D eigenvalue weighted by Gasteiger charge is 1.89. The van der Waals surface area contributed by atoms with Gasteiger partial charge < -0.3 is 10.4 Å². The van der Waals surface area contributed by atoms with Crippen molar-refractivity contribution in [2.75, 3.05) is 11.9 Å². The number of aromatic hydroxyl groups is 1. The monoisotopic (exact) mass is 225 g/mol. The molecule has 86 valence electrons. The zero-order chi connectivity index (χ0) is 11.9. The van der Waals surface area contributed by atoms with Gasteiger partial charge in [-0.25, -0.2) is 0 Å². The summed E-state index contributed by atoms with van der Waals surface area (Å²) in [5.74, 6) is 0.287. The minimum atomic E-state index is 0.287. The summed E-state index contributed by atoms with van der Waals surface area (Å²) < 4.78 is 0. The number of hydrogen-bond donors (Lipinski definition) is 2. The van der Waals surface area contributed by atoms with Crippen LogP contribution in [0.1, 0.15) is 5.56 Å². The Bertz CT molecular complexity index is 474. The molecule has 0 aliphatic carbocycles. The van der Waals surface area contributed by atoms with Gasteiger partial charge in [-0.2, -0.15) is 0 Å². The molecule has 0 atom stereocenters. The Morgan fingerprint density at radius 2 is 1.65 bits per heavy atom. The van der Waals surface area contributed by atoms with Crippen molar-refractivity contribution in [3.63, 3.8) is 0 Å². The van der Waals surface area contributed by atoms with Gasteiger partial charge in [0.15, 0.2) is 0 Å². The third-order valence-corrected chi connectivity index (χ3v) is 2.40. The topological polar surface area (TPSA) is 32.3 Å². The largest absolute Gasteiger partial charge is 0.508 e. The van der Waals surface area contributed by atoms with E-state index >= 15 is 0 Å². The SMILES string of the molecule is Oc1ccc(NC/C=C/c2ccccc2)cc1. The maximum Gasteiger partial charge on any atom is 0.115 e. The van der Waals surface area contributed by atoms with Gasteiger partial charge in [0.1, 0.15) is 5.75 Å². The third kappa shape index (κ3) is 3.68. The zero-order valence-corrected chi connectivity index (χ0v) is 9.51. The van der Waals surface area contributed by atoms with Gasteiger partial charge in [-0.3, -0.25) is 0 Å². The smallest absolute Gasteiger partial charge is 0.115 e. The molecule has 0 spiro atoms. The van der Waals surface area contributed by atoms with E-state index in [-0.39, 0.29) is 5.75 Å². The van der Waals surface area contributed by atoms with E-state index in [1.165, 1.54) is 5.56 Å². The predicted molar refractivity (Wildman–Crippen MR) is 72.1 cm³/mol. The summed E-state index contributed by atoms with van der Waals surface area (Å²) in [6, 6.07) is 17.2. The molecule has 0 bridgehead atoms. The average Bonchev–Trinajstić information content (AvgIpc) is 2.38. The lowest BCUT2D eigenvalue weighted by Crippen LogP contribution is -1.97. The second-order valence-electron chi connectivity index (χ2n) is 3.74. The Balaban J connectivity index is 1.84. The Morgan fingerprint density at radius 3 is 2.35 bits per heavy atom. The summed E-state index contributed by atoms with van der Waals surface area (Å²) in [6.45, 7) is 0.764. The fourth-order valence-corrected chi connectivity index (χ4v) is 1.52. The first-order chi connectivity index (χ1) is 8.34. The van der Waals surface area contributed by atoms with Gasteiger partial charge in [0.2, 0.25) is 0 Å². The van der Waals surface area contributed by atoms with Gasteiger partial charge in [-0.15, -0.1) is 0 Å². The molecule has 17 heavy (non-hydrogen) atoms. The lowest BCUT2D eigenvalue weighted by atomic mass is 10.2. The van der Waals surface area contributed by atoms with Crippen molar-refractivity contribution < 1.29 is 5.11 Å². The van der Waals surface area contributed by atoms with Crippen LogP contribution in [0.2, 0.25) is 0 Å². The maximum atomic E-state index is 9.14. The molecule has 2 aromatic rings. The van der Waals surface area contributed by atoms with Crippen molar-refractivity contribution in [3.8, 4) is 5.75 Å². The zero-order valence-electron chi connectivity index (χ0n) is 9.51. The molecule has 2 nitrogen and oxygen atoms in total. The summed E-state index contributed by atoms with van der Waals surface area (Å²) in [7, 11) is 0. The highest BCUT2D eigenvalue weighted by molar-refractivity contribution is 5.51. The van der Waals surface area contributed by atoms with Gasteiger partial charge >= 0.3 is 0 Å². The van der Waals surface area contributed by atoms with E-state index in [0.717, 1.165) is 12.2 Å². The van der Waals surface area contributed by atoms with Crippen LogP contribution in [-0.4, -0.2) is 11.7 Å². The molecule has 0 radical (unpaired) electrons. The van der Waals surface area contributed by atoms with E-state index in [0.29, 0.717) is 0 Å². The molecule has 0 aromatic heterocycles. The number of benzene rings is 2. The minimum Gasteiger partial charge on any atom is -0.508 e. The summed E-state index contributed by atoms with van der Waals surface area (Å²) in [5.41, 5.74) is 2.19. The minimum absolute atomic E-state index is 0.287. The molecule has 0 fully saturated rings. The number of nitrogens with one attached hydrogen (secondary N) is 1. The van der Waals surface area contributed by atoms with Crippen LogP contribution in [-0.2, 0) is 0 Å². The van der Waals surface area contributed by atoms with Gasteiger partial charge in [-0.05, 0) is 29.8 Å². The summed E-state index contributed by atoms with van der Waals surface area (Å²) in [5, 5.41) is 12.4. The molecule has 0 unspecified atom stereocenters. The number of phenolic OH excluding ortho intramolecular Hbond substituents is 1. The van der Waals surface area contributed by atoms with Crippen molar-refractivity contribution in [2.45, 2.75) is 0 Å². The Morgan fingerprint density at radius 1 is 0.941 bits per heavy atom. The Kier molecular flexibility index (Phi) is 3.81. The molecule has 2 rings (SSSR count). The molecular weight excluding hydrogens is 210 g/mol. The highest BCUT2D eigenvalue weighted by atomic mass is 16.3. The van der Waals surface area contributed by atoms with Gasteiger partial charge in [-0.1, -0.05) is 42.5 Å². The highest BCUT2D eigenvalue weighted by Crippen LogP contribution is 2.13. The molecule has 2 heteroatoms. The summed E-state index contributed by atoms with van der Waals surface area (Å²) in [4.78, 5) is 0. The fourth-order valence-electron chi connectivity index (χ4n) is 1.52. The van der Waals surface area contributed by atoms with Crippen LogP contribution >= 0.6 is 0 Å². The summed E-state index contributed by atoms with van der Waals surface area (Å²) >= 11 is 0. The molecule has 0 aliphatic heterocycles. The normalized spacial score (nSPS) is 10.6. The van der Waals surface area contributed by atoms with Crippen molar-refractivity contribution in [2.24, 2.45) is 0 Å². The standard InChI is InChI=1S/C15H15NO/c17-15-10-8-14(9-11-15)16-12-4-7-13-5-2-1-3-6-13/h1-11,16-17H,12H2/b7-4+. The van der Waals surface area contributed by atoms with E-state index in [4.69, 9.17) is 5.11 Å². The molecule has 0 saturated heterocycles. The first-order valence-corrected chi connectivity index (χ1v) is 5.59. The first-order valence-electron chi connectivity index (χ1n) is 5.59. The van der Waals surface area contributed by atoms with Crippen LogP contribution in [0, 0.1) is 0 Å². The average molecular weight is 225 g/mol. The van der Waals surface area contributed by atoms with E-state index in [9.17, 15) is 0 Å². The molecule has 2 N–H and O–H groups in total. The molecule has 2 aromatic carbocycles. The number of anilines is 1. The fraction of sp³-hybridized carbons (Fsp3) is 0.0667. The Labute approximate surface area is 101 Å². The van der Waals surface area contributed by atoms with E-state index in [1.54, 1.807) is 12.1 Å². The quantitative estimate of drug-likeness (QED) is 0.780. The van der Waals surface area contributed by atoms with Gasteiger partial charge in [0.05, 0.1) is 0 Å². The van der Waals surface area contributed by atoms with E-state index < -0.39 is 0 Å². The third-order valence-electron chi connectivity index (χ3n) is 2.40. The maximum absolute atomic E-state index is 9.14. The molecule has 0 aliphatic rings. The van der Waals surface area contributed by atoms with Crippen LogP contribution in [0.5, 0.6) is 5.75 Å². The second kappa shape index (κ2) is 5.75. The van der Waals surface area contributed by atoms with E-state index in [1.807, 2.05) is 30.3 Å². The number of hydrogen-bond acceptors (Lipinski definition) is 2. The number of phenols is 1.